The van der Waals surface area contributed by atoms with E-state index in [2.05, 4.69) is 0 Å². The number of fused-ring (bicyclic) bond motifs is 1. The van der Waals surface area contributed by atoms with Gasteiger partial charge in [0.15, 0.2) is 0 Å². The first kappa shape index (κ1) is 19.3. The van der Waals surface area contributed by atoms with Crippen molar-refractivity contribution in [3.8, 4) is 0 Å². The summed E-state index contributed by atoms with van der Waals surface area (Å²) >= 11 is 0. The Kier molecular flexibility index (Phi) is 5.53. The van der Waals surface area contributed by atoms with Gasteiger partial charge in [0.2, 0.25) is 5.78 Å². The molecule has 0 bridgehead atoms. The number of esters is 1. The van der Waals surface area contributed by atoms with E-state index in [0.717, 1.165) is 27.8 Å². The molecule has 0 amide bonds. The standard InChI is InChI=1S/C27H20O3/c1-30-27(29)25-18-21-14-8-9-15-23(21)24(26(25)28)17-16-22(19-10-4-2-5-11-19)20-12-6-3-7-13-20/h2-18H,1H3/b24-17+. The number of rotatable bonds is 4. The molecule has 30 heavy (non-hydrogen) atoms. The molecule has 3 aromatic carbocycles. The lowest BCUT2D eigenvalue weighted by Crippen LogP contribution is -2.19. The van der Waals surface area contributed by atoms with Crippen LogP contribution in [0, 0.1) is 0 Å². The van der Waals surface area contributed by atoms with Crippen molar-refractivity contribution in [2.45, 2.75) is 0 Å². The van der Waals surface area contributed by atoms with Gasteiger partial charge < -0.3 is 4.74 Å². The third-order valence-electron chi connectivity index (χ3n) is 5.03. The summed E-state index contributed by atoms with van der Waals surface area (Å²) in [6, 6.07) is 27.6. The smallest absolute Gasteiger partial charge is 0.341 e. The number of carbonyl (C=O) groups excluding carboxylic acids is 2. The van der Waals surface area contributed by atoms with Crippen LogP contribution in [0.15, 0.2) is 103 Å². The van der Waals surface area contributed by atoms with Crippen LogP contribution >= 0.6 is 0 Å². The Morgan fingerprint density at radius 2 is 1.37 bits per heavy atom. The van der Waals surface area contributed by atoms with Crippen molar-refractivity contribution in [2.75, 3.05) is 7.11 Å². The molecule has 0 radical (unpaired) electrons. The van der Waals surface area contributed by atoms with Crippen LogP contribution in [0.1, 0.15) is 22.3 Å². The molecule has 3 heteroatoms. The fourth-order valence-corrected chi connectivity index (χ4v) is 3.54. The Morgan fingerprint density at radius 3 is 1.97 bits per heavy atom. The van der Waals surface area contributed by atoms with Gasteiger partial charge in [-0.1, -0.05) is 91.0 Å². The number of hydrogen-bond donors (Lipinski definition) is 0. The number of ketones is 1. The van der Waals surface area contributed by atoms with E-state index < -0.39 is 5.97 Å². The second kappa shape index (κ2) is 8.58. The number of benzene rings is 3. The van der Waals surface area contributed by atoms with E-state index in [4.69, 9.17) is 4.74 Å². The van der Waals surface area contributed by atoms with Crippen LogP contribution in [0.25, 0.3) is 17.2 Å². The summed E-state index contributed by atoms with van der Waals surface area (Å²) in [5.41, 5.74) is 5.20. The fourth-order valence-electron chi connectivity index (χ4n) is 3.54. The maximum atomic E-state index is 13.1. The number of methoxy groups -OCH3 is 1. The second-order valence-corrected chi connectivity index (χ2v) is 6.86. The minimum absolute atomic E-state index is 0.0387. The SMILES string of the molecule is COC(=O)C1=Cc2ccccc2/C(=C\C=C(c2ccccc2)c2ccccc2)C1=O. The molecule has 1 aliphatic carbocycles. The first-order valence-corrected chi connectivity index (χ1v) is 9.66. The zero-order chi connectivity index (χ0) is 20.9. The molecule has 0 aromatic heterocycles. The largest absolute Gasteiger partial charge is 0.465 e. The fraction of sp³-hybridized carbons (Fsp3) is 0.0370. The summed E-state index contributed by atoms with van der Waals surface area (Å²) in [6.45, 7) is 0. The van der Waals surface area contributed by atoms with E-state index >= 15 is 0 Å². The Hall–Kier alpha value is -3.98. The maximum absolute atomic E-state index is 13.1. The van der Waals surface area contributed by atoms with Gasteiger partial charge in [0.1, 0.15) is 5.57 Å². The predicted molar refractivity (Wildman–Crippen MR) is 119 cm³/mol. The highest BCUT2D eigenvalue weighted by Crippen LogP contribution is 2.32. The van der Waals surface area contributed by atoms with Gasteiger partial charge in [0, 0.05) is 5.57 Å². The van der Waals surface area contributed by atoms with Crippen LogP contribution in [0.5, 0.6) is 0 Å². The number of ether oxygens (including phenoxy) is 1. The summed E-state index contributed by atoms with van der Waals surface area (Å²) < 4.78 is 4.82. The normalized spacial score (nSPS) is 14.0. The van der Waals surface area contributed by atoms with Crippen molar-refractivity contribution in [3.63, 3.8) is 0 Å². The third-order valence-corrected chi connectivity index (χ3v) is 5.03. The van der Waals surface area contributed by atoms with Crippen molar-refractivity contribution in [1.82, 2.24) is 0 Å². The number of allylic oxidation sites excluding steroid dienone is 3. The highest BCUT2D eigenvalue weighted by atomic mass is 16.5. The Morgan fingerprint density at radius 1 is 0.800 bits per heavy atom. The Balaban J connectivity index is 1.87. The molecule has 4 rings (SSSR count). The van der Waals surface area contributed by atoms with Crippen LogP contribution in [-0.2, 0) is 14.3 Å². The van der Waals surface area contributed by atoms with E-state index in [1.807, 2.05) is 91.0 Å². The van der Waals surface area contributed by atoms with Crippen molar-refractivity contribution in [1.29, 1.82) is 0 Å². The van der Waals surface area contributed by atoms with E-state index in [-0.39, 0.29) is 11.4 Å². The summed E-state index contributed by atoms with van der Waals surface area (Å²) in [7, 11) is 1.28. The van der Waals surface area contributed by atoms with Crippen molar-refractivity contribution < 1.29 is 14.3 Å². The van der Waals surface area contributed by atoms with Gasteiger partial charge in [0.25, 0.3) is 0 Å². The van der Waals surface area contributed by atoms with E-state index in [0.29, 0.717) is 5.57 Å². The first-order chi connectivity index (χ1) is 14.7. The Bertz CT molecular complexity index is 1140. The zero-order valence-electron chi connectivity index (χ0n) is 16.5. The van der Waals surface area contributed by atoms with Crippen molar-refractivity contribution in [3.05, 3.63) is 125 Å². The predicted octanol–water partition coefficient (Wildman–Crippen LogP) is 5.34. The lowest BCUT2D eigenvalue weighted by molar-refractivity contribution is -0.137. The minimum atomic E-state index is -0.629. The molecule has 0 spiro atoms. The van der Waals surface area contributed by atoms with E-state index in [1.54, 1.807) is 12.2 Å². The lowest BCUT2D eigenvalue weighted by Gasteiger charge is -2.17. The van der Waals surface area contributed by atoms with E-state index in [1.165, 1.54) is 7.11 Å². The van der Waals surface area contributed by atoms with Gasteiger partial charge in [-0.2, -0.15) is 0 Å². The minimum Gasteiger partial charge on any atom is -0.465 e. The average Bonchev–Trinajstić information content (AvgIpc) is 2.81. The molecular formula is C27H20O3. The summed E-state index contributed by atoms with van der Waals surface area (Å²) in [5.74, 6) is -0.965. The molecule has 0 N–H and O–H groups in total. The zero-order valence-corrected chi connectivity index (χ0v) is 16.5. The molecule has 0 aliphatic heterocycles. The lowest BCUT2D eigenvalue weighted by atomic mass is 9.86. The van der Waals surface area contributed by atoms with Crippen LogP contribution in [0.3, 0.4) is 0 Å². The monoisotopic (exact) mass is 392 g/mol. The van der Waals surface area contributed by atoms with Gasteiger partial charge >= 0.3 is 5.97 Å². The van der Waals surface area contributed by atoms with Gasteiger partial charge in [0.05, 0.1) is 7.11 Å². The van der Waals surface area contributed by atoms with Crippen LogP contribution in [0.4, 0.5) is 0 Å². The van der Waals surface area contributed by atoms with Crippen LogP contribution in [0.2, 0.25) is 0 Å². The average molecular weight is 392 g/mol. The molecule has 0 heterocycles. The van der Waals surface area contributed by atoms with Gasteiger partial charge in [-0.15, -0.1) is 0 Å². The molecule has 0 unspecified atom stereocenters. The highest BCUT2D eigenvalue weighted by Gasteiger charge is 2.28. The van der Waals surface area contributed by atoms with Gasteiger partial charge in [-0.3, -0.25) is 4.79 Å². The quantitative estimate of drug-likeness (QED) is 0.342. The topological polar surface area (TPSA) is 43.4 Å². The van der Waals surface area contributed by atoms with Crippen LogP contribution in [-0.4, -0.2) is 18.9 Å². The molecule has 0 saturated carbocycles. The molecule has 0 fully saturated rings. The van der Waals surface area contributed by atoms with Gasteiger partial charge in [-0.05, 0) is 40.0 Å². The number of hydrogen-bond acceptors (Lipinski definition) is 3. The molecular weight excluding hydrogens is 372 g/mol. The van der Waals surface area contributed by atoms with Crippen molar-refractivity contribution >= 4 is 29.0 Å². The molecule has 3 aromatic rings. The van der Waals surface area contributed by atoms with Crippen LogP contribution < -0.4 is 0 Å². The summed E-state index contributed by atoms with van der Waals surface area (Å²) in [4.78, 5) is 25.3. The molecule has 3 nitrogen and oxygen atoms in total. The summed E-state index contributed by atoms with van der Waals surface area (Å²) in [5, 5.41) is 0. The first-order valence-electron chi connectivity index (χ1n) is 9.66. The number of carbonyl (C=O) groups is 2. The van der Waals surface area contributed by atoms with Crippen molar-refractivity contribution in [2.24, 2.45) is 0 Å². The number of Topliss-reactive ketones (excluding diaryl/α,β-unsaturated/α-hetero) is 1. The maximum Gasteiger partial charge on any atom is 0.341 e. The third kappa shape index (κ3) is 3.78. The highest BCUT2D eigenvalue weighted by molar-refractivity contribution is 6.41. The molecule has 0 atom stereocenters. The molecule has 0 saturated heterocycles. The van der Waals surface area contributed by atoms with Gasteiger partial charge in [-0.25, -0.2) is 4.79 Å². The summed E-state index contributed by atoms with van der Waals surface area (Å²) in [6.07, 6.45) is 5.33. The second-order valence-electron chi connectivity index (χ2n) is 6.86. The van der Waals surface area contributed by atoms with E-state index in [9.17, 15) is 9.59 Å². The molecule has 1 aliphatic rings. The Labute approximate surface area is 175 Å². The molecule has 146 valence electrons.